The van der Waals surface area contributed by atoms with Crippen LogP contribution in [0.1, 0.15) is 33.9 Å². The summed E-state index contributed by atoms with van der Waals surface area (Å²) in [5, 5.41) is 13.9. The van der Waals surface area contributed by atoms with Crippen LogP contribution in [0, 0.1) is 0 Å². The molecule has 3 nitrogen and oxygen atoms in total. The van der Waals surface area contributed by atoms with Crippen LogP contribution in [-0.2, 0) is 9.54 Å². The lowest BCUT2D eigenvalue weighted by molar-refractivity contribution is -0.139. The van der Waals surface area contributed by atoms with Gasteiger partial charge >= 0.3 is 5.97 Å². The summed E-state index contributed by atoms with van der Waals surface area (Å²) in [4.78, 5) is 12.7. The zero-order valence-corrected chi connectivity index (χ0v) is 22.4. The van der Waals surface area contributed by atoms with E-state index in [0.29, 0.717) is 5.75 Å². The van der Waals surface area contributed by atoms with Gasteiger partial charge in [-0.3, -0.25) is 10.1 Å². The maximum atomic E-state index is 12.7. The maximum Gasteiger partial charge on any atom is 0.321 e. The van der Waals surface area contributed by atoms with Crippen molar-refractivity contribution < 1.29 is 9.90 Å². The molecule has 0 saturated carbocycles. The zero-order chi connectivity index (χ0) is 26.9. The minimum absolute atomic E-state index is 0.256. The summed E-state index contributed by atoms with van der Waals surface area (Å²) >= 11 is 1.65. The summed E-state index contributed by atoms with van der Waals surface area (Å²) < 4.78 is -0.589. The van der Waals surface area contributed by atoms with Gasteiger partial charge in [0.2, 0.25) is 0 Å². The van der Waals surface area contributed by atoms with Crippen molar-refractivity contribution in [2.75, 3.05) is 5.75 Å². The molecule has 0 bridgehead atoms. The van der Waals surface area contributed by atoms with Crippen molar-refractivity contribution in [2.45, 2.75) is 16.8 Å². The first-order valence-corrected chi connectivity index (χ1v) is 14.1. The lowest BCUT2D eigenvalue weighted by atomic mass is 9.84. The molecule has 0 aliphatic carbocycles. The average Bonchev–Trinajstić information content (AvgIpc) is 3.01. The number of carbonyl (C=O) groups is 1. The van der Waals surface area contributed by atoms with Crippen LogP contribution in [0.15, 0.2) is 152 Å². The third-order valence-electron chi connectivity index (χ3n) is 6.94. The van der Waals surface area contributed by atoms with Gasteiger partial charge in [-0.1, -0.05) is 152 Å². The van der Waals surface area contributed by atoms with Gasteiger partial charge in [-0.15, -0.1) is 11.8 Å². The number of nitrogens with one attached hydrogen (secondary N) is 1. The number of rotatable bonds is 11. The SMILES string of the molecule is O=C(O)[C@H](CSC(c1ccccc1)(c1ccccc1)c1ccccc1)NC(c1ccccc1)c1ccccc1. The molecule has 5 rings (SSSR count). The van der Waals surface area contributed by atoms with Gasteiger partial charge in [-0.05, 0) is 27.8 Å². The van der Waals surface area contributed by atoms with E-state index in [0.717, 1.165) is 27.8 Å². The Morgan fingerprint density at radius 1 is 0.590 bits per heavy atom. The standard InChI is InChI=1S/C35H31NO2S/c37-34(38)32(36-33(27-16-6-1-7-17-27)28-18-8-2-9-19-28)26-39-35(29-20-10-3-11-21-29,30-22-12-4-13-23-30)31-24-14-5-15-25-31/h1-25,32-33,36H,26H2,(H,37,38)/t32-/m0/s1. The molecule has 5 aromatic rings. The number of thioether (sulfide) groups is 1. The van der Waals surface area contributed by atoms with Crippen LogP contribution >= 0.6 is 11.8 Å². The van der Waals surface area contributed by atoms with E-state index in [9.17, 15) is 9.90 Å². The first-order chi connectivity index (χ1) is 19.2. The molecule has 0 spiro atoms. The molecule has 0 heterocycles. The first-order valence-electron chi connectivity index (χ1n) is 13.1. The van der Waals surface area contributed by atoms with Crippen molar-refractivity contribution in [1.29, 1.82) is 0 Å². The number of hydrogen-bond acceptors (Lipinski definition) is 3. The van der Waals surface area contributed by atoms with Crippen LogP contribution in [0.2, 0.25) is 0 Å². The summed E-state index contributed by atoms with van der Waals surface area (Å²) in [5.74, 6) is -0.521. The highest BCUT2D eigenvalue weighted by Crippen LogP contribution is 2.48. The van der Waals surface area contributed by atoms with Crippen molar-refractivity contribution in [3.63, 3.8) is 0 Å². The summed E-state index contributed by atoms with van der Waals surface area (Å²) in [7, 11) is 0. The molecule has 0 saturated heterocycles. The highest BCUT2D eigenvalue weighted by Gasteiger charge is 2.38. The summed E-state index contributed by atoms with van der Waals surface area (Å²) in [6.07, 6.45) is 0. The Morgan fingerprint density at radius 3 is 1.26 bits per heavy atom. The Hall–Kier alpha value is -4.12. The summed E-state index contributed by atoms with van der Waals surface area (Å²) in [6.45, 7) is 0. The molecule has 0 radical (unpaired) electrons. The Bertz CT molecular complexity index is 1310. The smallest absolute Gasteiger partial charge is 0.321 e. The van der Waals surface area contributed by atoms with Crippen LogP contribution < -0.4 is 5.32 Å². The van der Waals surface area contributed by atoms with Gasteiger partial charge in [0.1, 0.15) is 6.04 Å². The van der Waals surface area contributed by atoms with E-state index in [1.54, 1.807) is 11.8 Å². The van der Waals surface area contributed by atoms with Gasteiger partial charge in [0.05, 0.1) is 10.8 Å². The molecule has 194 valence electrons. The fourth-order valence-electron chi connectivity index (χ4n) is 5.04. The molecule has 4 heteroatoms. The molecule has 1 atom stereocenters. The monoisotopic (exact) mass is 529 g/mol. The van der Waals surface area contributed by atoms with Gasteiger partial charge in [0.15, 0.2) is 0 Å². The van der Waals surface area contributed by atoms with E-state index < -0.39 is 16.8 Å². The number of aliphatic carboxylic acids is 1. The molecule has 0 aliphatic heterocycles. The molecule has 0 unspecified atom stereocenters. The predicted octanol–water partition coefficient (Wildman–Crippen LogP) is 7.54. The van der Waals surface area contributed by atoms with Crippen LogP contribution in [0.4, 0.5) is 0 Å². The van der Waals surface area contributed by atoms with E-state index in [1.165, 1.54) is 0 Å². The molecular weight excluding hydrogens is 498 g/mol. The van der Waals surface area contributed by atoms with E-state index in [-0.39, 0.29) is 6.04 Å². The number of hydrogen-bond donors (Lipinski definition) is 2. The average molecular weight is 530 g/mol. The molecule has 0 amide bonds. The Balaban J connectivity index is 1.55. The van der Waals surface area contributed by atoms with Crippen LogP contribution in [0.25, 0.3) is 0 Å². The lowest BCUT2D eigenvalue weighted by Crippen LogP contribution is -2.42. The van der Waals surface area contributed by atoms with E-state index in [1.807, 2.05) is 115 Å². The minimum atomic E-state index is -0.873. The van der Waals surface area contributed by atoms with Gasteiger partial charge in [0.25, 0.3) is 0 Å². The normalized spacial score (nSPS) is 12.2. The van der Waals surface area contributed by atoms with Crippen molar-refractivity contribution in [3.8, 4) is 0 Å². The molecular formula is C35H31NO2S. The van der Waals surface area contributed by atoms with Crippen molar-refractivity contribution in [1.82, 2.24) is 5.32 Å². The second-order valence-electron chi connectivity index (χ2n) is 9.40. The molecule has 2 N–H and O–H groups in total. The van der Waals surface area contributed by atoms with Crippen molar-refractivity contribution >= 4 is 17.7 Å². The van der Waals surface area contributed by atoms with Gasteiger partial charge < -0.3 is 5.11 Å². The highest BCUT2D eigenvalue weighted by molar-refractivity contribution is 8.00. The topological polar surface area (TPSA) is 49.3 Å². The minimum Gasteiger partial charge on any atom is -0.480 e. The van der Waals surface area contributed by atoms with Crippen LogP contribution in [-0.4, -0.2) is 22.9 Å². The summed E-state index contributed by atoms with van der Waals surface area (Å²) in [6, 6.07) is 50.1. The fraction of sp³-hybridized carbons (Fsp3) is 0.114. The molecule has 5 aromatic carbocycles. The quantitative estimate of drug-likeness (QED) is 0.174. The van der Waals surface area contributed by atoms with Gasteiger partial charge in [0, 0.05) is 5.75 Å². The highest BCUT2D eigenvalue weighted by atomic mass is 32.2. The van der Waals surface area contributed by atoms with E-state index >= 15 is 0 Å². The molecule has 0 aliphatic rings. The largest absolute Gasteiger partial charge is 0.480 e. The number of benzene rings is 5. The van der Waals surface area contributed by atoms with E-state index in [2.05, 4.69) is 41.7 Å². The van der Waals surface area contributed by atoms with Gasteiger partial charge in [-0.2, -0.15) is 0 Å². The third-order valence-corrected chi connectivity index (χ3v) is 8.58. The van der Waals surface area contributed by atoms with Crippen LogP contribution in [0.3, 0.4) is 0 Å². The van der Waals surface area contributed by atoms with Crippen LogP contribution in [0.5, 0.6) is 0 Å². The Labute approximate surface area is 234 Å². The van der Waals surface area contributed by atoms with Crippen molar-refractivity contribution in [2.24, 2.45) is 0 Å². The zero-order valence-electron chi connectivity index (χ0n) is 21.6. The fourth-order valence-corrected chi connectivity index (χ4v) is 6.61. The lowest BCUT2D eigenvalue weighted by Gasteiger charge is -2.36. The van der Waals surface area contributed by atoms with Gasteiger partial charge in [-0.25, -0.2) is 0 Å². The second-order valence-corrected chi connectivity index (χ2v) is 10.6. The maximum absolute atomic E-state index is 12.7. The Morgan fingerprint density at radius 2 is 0.923 bits per heavy atom. The third kappa shape index (κ3) is 5.98. The summed E-state index contributed by atoms with van der Waals surface area (Å²) in [5.41, 5.74) is 5.39. The number of carboxylic acids is 1. The number of carboxylic acid groups (broad SMARTS) is 1. The van der Waals surface area contributed by atoms with E-state index in [4.69, 9.17) is 0 Å². The molecule has 0 aromatic heterocycles. The van der Waals surface area contributed by atoms with Crippen molar-refractivity contribution in [3.05, 3.63) is 179 Å². The molecule has 0 fully saturated rings. The molecule has 39 heavy (non-hydrogen) atoms. The second kappa shape index (κ2) is 12.6. The Kier molecular flexibility index (Phi) is 8.57. The first kappa shape index (κ1) is 26.5. The predicted molar refractivity (Wildman–Crippen MR) is 161 cm³/mol.